The first-order valence-electron chi connectivity index (χ1n) is 5.53. The average molecular weight is 222 g/mol. The van der Waals surface area contributed by atoms with Crippen molar-refractivity contribution in [2.24, 2.45) is 5.73 Å². The molecule has 0 aromatic carbocycles. The molecule has 0 atom stereocenters. The van der Waals surface area contributed by atoms with E-state index in [1.807, 2.05) is 12.3 Å². The Morgan fingerprint density at radius 2 is 2.12 bits per heavy atom. The van der Waals surface area contributed by atoms with Crippen LogP contribution in [0.2, 0.25) is 0 Å². The maximum atomic E-state index is 6.06. The molecular weight excluding hydrogens is 204 g/mol. The van der Waals surface area contributed by atoms with E-state index in [4.69, 9.17) is 15.2 Å². The SMILES string of the molecule is COc1cc(OC)c(CCC2(N)CC2)cn1. The number of hydrogen-bond acceptors (Lipinski definition) is 4. The van der Waals surface area contributed by atoms with Gasteiger partial charge in [0.1, 0.15) is 5.75 Å². The second kappa shape index (κ2) is 4.29. The summed E-state index contributed by atoms with van der Waals surface area (Å²) < 4.78 is 10.4. The standard InChI is InChI=1S/C12H18N2O2/c1-15-10-7-11(16-2)14-8-9(10)3-4-12(13)5-6-12/h7-8H,3-6,13H2,1-2H3. The lowest BCUT2D eigenvalue weighted by Gasteiger charge is -2.12. The summed E-state index contributed by atoms with van der Waals surface area (Å²) >= 11 is 0. The van der Waals surface area contributed by atoms with E-state index < -0.39 is 0 Å². The zero-order chi connectivity index (χ0) is 11.6. The third-order valence-corrected chi connectivity index (χ3v) is 3.13. The van der Waals surface area contributed by atoms with Gasteiger partial charge >= 0.3 is 0 Å². The van der Waals surface area contributed by atoms with Gasteiger partial charge in [0.15, 0.2) is 0 Å². The number of nitrogens with two attached hydrogens (primary N) is 1. The fourth-order valence-electron chi connectivity index (χ4n) is 1.73. The molecular formula is C12H18N2O2. The van der Waals surface area contributed by atoms with Crippen LogP contribution in [0.4, 0.5) is 0 Å². The average Bonchev–Trinajstić information content (AvgIpc) is 3.05. The largest absolute Gasteiger partial charge is 0.496 e. The number of rotatable bonds is 5. The highest BCUT2D eigenvalue weighted by molar-refractivity contribution is 5.35. The van der Waals surface area contributed by atoms with Crippen LogP contribution < -0.4 is 15.2 Å². The van der Waals surface area contributed by atoms with E-state index in [0.29, 0.717) is 5.88 Å². The van der Waals surface area contributed by atoms with E-state index in [2.05, 4.69) is 4.98 Å². The van der Waals surface area contributed by atoms with E-state index in [1.165, 1.54) is 0 Å². The third-order valence-electron chi connectivity index (χ3n) is 3.13. The zero-order valence-corrected chi connectivity index (χ0v) is 9.82. The van der Waals surface area contributed by atoms with E-state index in [9.17, 15) is 0 Å². The lowest BCUT2D eigenvalue weighted by Crippen LogP contribution is -2.22. The Labute approximate surface area is 95.8 Å². The van der Waals surface area contributed by atoms with Crippen molar-refractivity contribution in [2.75, 3.05) is 14.2 Å². The van der Waals surface area contributed by atoms with Crippen molar-refractivity contribution in [3.05, 3.63) is 17.8 Å². The molecule has 0 unspecified atom stereocenters. The highest BCUT2D eigenvalue weighted by Crippen LogP contribution is 2.37. The maximum absolute atomic E-state index is 6.06. The fraction of sp³-hybridized carbons (Fsp3) is 0.583. The minimum atomic E-state index is 0.0743. The molecule has 0 amide bonds. The van der Waals surface area contributed by atoms with Crippen LogP contribution in [0.5, 0.6) is 11.6 Å². The third kappa shape index (κ3) is 2.44. The first kappa shape index (κ1) is 11.2. The number of hydrogen-bond donors (Lipinski definition) is 1. The van der Waals surface area contributed by atoms with Gasteiger partial charge in [0.2, 0.25) is 5.88 Å². The van der Waals surface area contributed by atoms with Crippen LogP contribution in [0.3, 0.4) is 0 Å². The molecule has 1 aliphatic carbocycles. The number of methoxy groups -OCH3 is 2. The van der Waals surface area contributed by atoms with Crippen LogP contribution in [0.15, 0.2) is 12.3 Å². The smallest absolute Gasteiger partial charge is 0.216 e. The van der Waals surface area contributed by atoms with E-state index in [-0.39, 0.29) is 5.54 Å². The summed E-state index contributed by atoms with van der Waals surface area (Å²) in [5.74, 6) is 1.41. The van der Waals surface area contributed by atoms with Crippen molar-refractivity contribution in [1.29, 1.82) is 0 Å². The molecule has 4 nitrogen and oxygen atoms in total. The number of ether oxygens (including phenoxy) is 2. The summed E-state index contributed by atoms with van der Waals surface area (Å²) in [5, 5.41) is 0. The molecule has 0 bridgehead atoms. The van der Waals surface area contributed by atoms with Crippen LogP contribution in [0, 0.1) is 0 Å². The van der Waals surface area contributed by atoms with Crippen LogP contribution in [-0.2, 0) is 6.42 Å². The lowest BCUT2D eigenvalue weighted by molar-refractivity contribution is 0.378. The molecule has 1 heterocycles. The monoisotopic (exact) mass is 222 g/mol. The van der Waals surface area contributed by atoms with Gasteiger partial charge in [0.25, 0.3) is 0 Å². The Morgan fingerprint density at radius 3 is 2.69 bits per heavy atom. The molecule has 0 aliphatic heterocycles. The van der Waals surface area contributed by atoms with Gasteiger partial charge in [-0.25, -0.2) is 4.98 Å². The minimum Gasteiger partial charge on any atom is -0.496 e. The molecule has 16 heavy (non-hydrogen) atoms. The van der Waals surface area contributed by atoms with Crippen molar-refractivity contribution in [1.82, 2.24) is 4.98 Å². The van der Waals surface area contributed by atoms with Crippen LogP contribution in [0.1, 0.15) is 24.8 Å². The van der Waals surface area contributed by atoms with Gasteiger partial charge in [-0.3, -0.25) is 0 Å². The Hall–Kier alpha value is -1.29. The first-order valence-corrected chi connectivity index (χ1v) is 5.53. The van der Waals surface area contributed by atoms with Gasteiger partial charge in [-0.05, 0) is 25.7 Å². The van der Waals surface area contributed by atoms with Gasteiger partial charge in [-0.2, -0.15) is 0 Å². The van der Waals surface area contributed by atoms with E-state index >= 15 is 0 Å². The topological polar surface area (TPSA) is 57.4 Å². The van der Waals surface area contributed by atoms with Crippen LogP contribution in [0.25, 0.3) is 0 Å². The van der Waals surface area contributed by atoms with Crippen molar-refractivity contribution in [2.45, 2.75) is 31.2 Å². The van der Waals surface area contributed by atoms with Crippen LogP contribution >= 0.6 is 0 Å². The number of aryl methyl sites for hydroxylation is 1. The van der Waals surface area contributed by atoms with Crippen molar-refractivity contribution in [3.8, 4) is 11.6 Å². The summed E-state index contributed by atoms with van der Waals surface area (Å²) in [7, 11) is 3.26. The van der Waals surface area contributed by atoms with Crippen molar-refractivity contribution >= 4 is 0 Å². The Kier molecular flexibility index (Phi) is 3.01. The Morgan fingerprint density at radius 1 is 1.38 bits per heavy atom. The van der Waals surface area contributed by atoms with Crippen molar-refractivity contribution in [3.63, 3.8) is 0 Å². The molecule has 0 radical (unpaired) electrons. The Balaban J connectivity index is 2.07. The predicted octanol–water partition coefficient (Wildman–Crippen LogP) is 1.52. The highest BCUT2D eigenvalue weighted by Gasteiger charge is 2.37. The summed E-state index contributed by atoms with van der Waals surface area (Å²) in [5.41, 5.74) is 7.23. The van der Waals surface area contributed by atoms with Gasteiger partial charge < -0.3 is 15.2 Å². The predicted molar refractivity (Wildman–Crippen MR) is 61.8 cm³/mol. The quantitative estimate of drug-likeness (QED) is 0.820. The summed E-state index contributed by atoms with van der Waals surface area (Å²) in [6.45, 7) is 0. The molecule has 1 saturated carbocycles. The maximum Gasteiger partial charge on any atom is 0.216 e. The second-order valence-corrected chi connectivity index (χ2v) is 4.40. The molecule has 0 spiro atoms. The van der Waals surface area contributed by atoms with Crippen molar-refractivity contribution < 1.29 is 9.47 Å². The number of nitrogens with zero attached hydrogens (tertiary/aromatic N) is 1. The molecule has 2 rings (SSSR count). The Bertz CT molecular complexity index is 375. The highest BCUT2D eigenvalue weighted by atomic mass is 16.5. The van der Waals surface area contributed by atoms with Gasteiger partial charge in [0, 0.05) is 23.4 Å². The number of pyridine rings is 1. The minimum absolute atomic E-state index is 0.0743. The molecule has 4 heteroatoms. The van der Waals surface area contributed by atoms with E-state index in [1.54, 1.807) is 14.2 Å². The lowest BCUT2D eigenvalue weighted by atomic mass is 10.1. The van der Waals surface area contributed by atoms with E-state index in [0.717, 1.165) is 37.0 Å². The molecule has 1 aromatic rings. The molecule has 0 saturated heterocycles. The normalized spacial score (nSPS) is 16.9. The molecule has 2 N–H and O–H groups in total. The molecule has 88 valence electrons. The molecule has 1 aliphatic rings. The number of aromatic nitrogens is 1. The van der Waals surface area contributed by atoms with Gasteiger partial charge in [0.05, 0.1) is 14.2 Å². The van der Waals surface area contributed by atoms with Crippen LogP contribution in [-0.4, -0.2) is 24.7 Å². The van der Waals surface area contributed by atoms with Gasteiger partial charge in [-0.15, -0.1) is 0 Å². The first-order chi connectivity index (χ1) is 7.67. The zero-order valence-electron chi connectivity index (χ0n) is 9.82. The summed E-state index contributed by atoms with van der Waals surface area (Å²) in [6.07, 6.45) is 6.00. The molecule has 1 aromatic heterocycles. The second-order valence-electron chi connectivity index (χ2n) is 4.40. The summed E-state index contributed by atoms with van der Waals surface area (Å²) in [4.78, 5) is 4.18. The fourth-order valence-corrected chi connectivity index (χ4v) is 1.73. The summed E-state index contributed by atoms with van der Waals surface area (Å²) in [6, 6.07) is 1.81. The molecule has 1 fully saturated rings. The van der Waals surface area contributed by atoms with Gasteiger partial charge in [-0.1, -0.05) is 0 Å².